The number of hydrogen-bond donors (Lipinski definition) is 1. The second kappa shape index (κ2) is 6.62. The Labute approximate surface area is 126 Å². The largest absolute Gasteiger partial charge is 0.467 e. The zero-order valence-electron chi connectivity index (χ0n) is 10.8. The first-order chi connectivity index (χ1) is 9.11. The molecule has 0 amide bonds. The summed E-state index contributed by atoms with van der Waals surface area (Å²) in [5.74, 6) is 0.153. The molecule has 5 heteroatoms. The zero-order valence-corrected chi connectivity index (χ0v) is 13.1. The van der Waals surface area contributed by atoms with Crippen LogP contribution in [-0.2, 0) is 9.53 Å². The van der Waals surface area contributed by atoms with Crippen LogP contribution in [0.15, 0.2) is 22.7 Å². The number of carbonyl (C=O) groups is 1. The lowest BCUT2D eigenvalue weighted by Gasteiger charge is -2.23. The van der Waals surface area contributed by atoms with Crippen LogP contribution < -0.4 is 5.32 Å². The number of benzene rings is 1. The van der Waals surface area contributed by atoms with Crippen LogP contribution in [0, 0.1) is 5.92 Å². The van der Waals surface area contributed by atoms with Crippen LogP contribution in [0.5, 0.6) is 0 Å². The molecule has 3 nitrogen and oxygen atoms in total. The van der Waals surface area contributed by atoms with Crippen LogP contribution in [0.25, 0.3) is 0 Å². The van der Waals surface area contributed by atoms with Crippen LogP contribution in [-0.4, -0.2) is 19.1 Å². The summed E-state index contributed by atoms with van der Waals surface area (Å²) in [4.78, 5) is 11.9. The molecule has 1 aliphatic rings. The number of esters is 1. The molecule has 104 valence electrons. The summed E-state index contributed by atoms with van der Waals surface area (Å²) in [6.07, 6.45) is 4.51. The van der Waals surface area contributed by atoms with Crippen molar-refractivity contribution in [3.8, 4) is 0 Å². The normalized spacial score (nSPS) is 17.2. The quantitative estimate of drug-likeness (QED) is 0.828. The third-order valence-corrected chi connectivity index (χ3v) is 4.78. The Hall–Kier alpha value is -0.740. The Morgan fingerprint density at radius 3 is 2.74 bits per heavy atom. The molecule has 1 saturated carbocycles. The number of rotatable bonds is 4. The van der Waals surface area contributed by atoms with E-state index in [4.69, 9.17) is 16.3 Å². The van der Waals surface area contributed by atoms with Crippen molar-refractivity contribution in [1.82, 2.24) is 0 Å². The summed E-state index contributed by atoms with van der Waals surface area (Å²) in [7, 11) is 1.43. The maximum absolute atomic E-state index is 11.9. The van der Waals surface area contributed by atoms with Gasteiger partial charge in [0.15, 0.2) is 0 Å². The minimum Gasteiger partial charge on any atom is -0.467 e. The van der Waals surface area contributed by atoms with E-state index in [0.29, 0.717) is 10.9 Å². The Bertz CT molecular complexity index is 461. The first-order valence-corrected chi connectivity index (χ1v) is 7.58. The van der Waals surface area contributed by atoms with Gasteiger partial charge in [-0.1, -0.05) is 24.4 Å². The van der Waals surface area contributed by atoms with Gasteiger partial charge in [0.25, 0.3) is 0 Å². The summed E-state index contributed by atoms with van der Waals surface area (Å²) in [5, 5.41) is 3.93. The van der Waals surface area contributed by atoms with Gasteiger partial charge in [-0.3, -0.25) is 0 Å². The van der Waals surface area contributed by atoms with Gasteiger partial charge >= 0.3 is 5.97 Å². The average molecular weight is 347 g/mol. The molecule has 0 aliphatic heterocycles. The van der Waals surface area contributed by atoms with Crippen LogP contribution >= 0.6 is 27.5 Å². The first kappa shape index (κ1) is 14.7. The van der Waals surface area contributed by atoms with Gasteiger partial charge in [0.1, 0.15) is 6.04 Å². The minimum absolute atomic E-state index is 0.196. The fourth-order valence-electron chi connectivity index (χ4n) is 2.55. The highest BCUT2D eigenvalue weighted by Crippen LogP contribution is 2.31. The molecule has 1 aromatic rings. The summed E-state index contributed by atoms with van der Waals surface area (Å²) in [6, 6.07) is 5.28. The van der Waals surface area contributed by atoms with Gasteiger partial charge in [0.05, 0.1) is 12.1 Å². The van der Waals surface area contributed by atoms with E-state index in [1.54, 1.807) is 6.07 Å². The van der Waals surface area contributed by atoms with E-state index in [-0.39, 0.29) is 12.0 Å². The second-order valence-corrected chi connectivity index (χ2v) is 6.08. The number of anilines is 1. The highest BCUT2D eigenvalue weighted by atomic mass is 79.9. The minimum atomic E-state index is -0.277. The van der Waals surface area contributed by atoms with Crippen LogP contribution in [0.2, 0.25) is 5.02 Å². The third-order valence-electron chi connectivity index (χ3n) is 3.57. The summed E-state index contributed by atoms with van der Waals surface area (Å²) in [5.41, 5.74) is 0.874. The zero-order chi connectivity index (χ0) is 13.8. The molecule has 1 unspecified atom stereocenters. The highest BCUT2D eigenvalue weighted by Gasteiger charge is 2.31. The Kier molecular flexibility index (Phi) is 5.11. The molecule has 0 heterocycles. The summed E-state index contributed by atoms with van der Waals surface area (Å²) < 4.78 is 5.73. The summed E-state index contributed by atoms with van der Waals surface area (Å²) >= 11 is 9.35. The molecule has 1 aliphatic carbocycles. The number of nitrogens with one attached hydrogen (secondary N) is 1. The van der Waals surface area contributed by atoms with E-state index in [1.807, 2.05) is 12.1 Å². The Balaban J connectivity index is 2.14. The van der Waals surface area contributed by atoms with E-state index in [0.717, 1.165) is 23.0 Å². The molecule has 0 bridgehead atoms. The molecule has 2 rings (SSSR count). The van der Waals surface area contributed by atoms with Crippen molar-refractivity contribution in [3.05, 3.63) is 27.7 Å². The smallest absolute Gasteiger partial charge is 0.328 e. The predicted octanol–water partition coefficient (Wildman–Crippen LogP) is 4.25. The van der Waals surface area contributed by atoms with Crippen molar-refractivity contribution in [2.75, 3.05) is 12.4 Å². The van der Waals surface area contributed by atoms with Crippen molar-refractivity contribution >= 4 is 39.2 Å². The van der Waals surface area contributed by atoms with Crippen molar-refractivity contribution in [2.45, 2.75) is 31.7 Å². The van der Waals surface area contributed by atoms with E-state index in [1.165, 1.54) is 20.0 Å². The molecule has 19 heavy (non-hydrogen) atoms. The Morgan fingerprint density at radius 2 is 2.16 bits per heavy atom. The van der Waals surface area contributed by atoms with Crippen molar-refractivity contribution in [1.29, 1.82) is 0 Å². The monoisotopic (exact) mass is 345 g/mol. The SMILES string of the molecule is COC(=O)C(Nc1ccc(Cl)c(Br)c1)C1CCCC1. The number of ether oxygens (including phenoxy) is 1. The van der Waals surface area contributed by atoms with E-state index < -0.39 is 0 Å². The fourth-order valence-corrected chi connectivity index (χ4v) is 3.05. The van der Waals surface area contributed by atoms with E-state index in [9.17, 15) is 4.79 Å². The average Bonchev–Trinajstić information content (AvgIpc) is 2.93. The second-order valence-electron chi connectivity index (χ2n) is 4.82. The van der Waals surface area contributed by atoms with Crippen molar-refractivity contribution in [2.24, 2.45) is 5.92 Å². The van der Waals surface area contributed by atoms with Crippen LogP contribution in [0.1, 0.15) is 25.7 Å². The first-order valence-electron chi connectivity index (χ1n) is 6.41. The molecule has 1 aromatic carbocycles. The van der Waals surface area contributed by atoms with Gasteiger partial charge < -0.3 is 10.1 Å². The molecule has 1 fully saturated rings. The molecular formula is C14H17BrClNO2. The van der Waals surface area contributed by atoms with Gasteiger partial charge in [0, 0.05) is 10.2 Å². The van der Waals surface area contributed by atoms with Crippen LogP contribution in [0.4, 0.5) is 5.69 Å². The molecule has 0 radical (unpaired) electrons. The van der Waals surface area contributed by atoms with Crippen LogP contribution in [0.3, 0.4) is 0 Å². The maximum Gasteiger partial charge on any atom is 0.328 e. The maximum atomic E-state index is 11.9. The Morgan fingerprint density at radius 1 is 1.47 bits per heavy atom. The van der Waals surface area contributed by atoms with Gasteiger partial charge in [0.2, 0.25) is 0 Å². The summed E-state index contributed by atoms with van der Waals surface area (Å²) in [6.45, 7) is 0. The predicted molar refractivity (Wildman–Crippen MR) is 80.5 cm³/mol. The lowest BCUT2D eigenvalue weighted by molar-refractivity contribution is -0.142. The van der Waals surface area contributed by atoms with Gasteiger partial charge in [-0.05, 0) is 52.9 Å². The molecule has 0 spiro atoms. The highest BCUT2D eigenvalue weighted by molar-refractivity contribution is 9.10. The molecular weight excluding hydrogens is 330 g/mol. The molecule has 1 atom stereocenters. The number of halogens is 2. The number of carbonyl (C=O) groups excluding carboxylic acids is 1. The van der Waals surface area contributed by atoms with Gasteiger partial charge in [-0.15, -0.1) is 0 Å². The lowest BCUT2D eigenvalue weighted by Crippen LogP contribution is -2.36. The third kappa shape index (κ3) is 3.63. The molecule has 0 aromatic heterocycles. The number of hydrogen-bond acceptors (Lipinski definition) is 3. The van der Waals surface area contributed by atoms with Crippen molar-refractivity contribution < 1.29 is 9.53 Å². The van der Waals surface area contributed by atoms with E-state index in [2.05, 4.69) is 21.2 Å². The van der Waals surface area contributed by atoms with E-state index >= 15 is 0 Å². The van der Waals surface area contributed by atoms with Crippen molar-refractivity contribution in [3.63, 3.8) is 0 Å². The molecule has 1 N–H and O–H groups in total. The fraction of sp³-hybridized carbons (Fsp3) is 0.500. The lowest BCUT2D eigenvalue weighted by atomic mass is 9.98. The standard InChI is InChI=1S/C14H17BrClNO2/c1-19-14(18)13(9-4-2-3-5-9)17-10-6-7-12(16)11(15)8-10/h6-9,13,17H,2-5H2,1H3. The topological polar surface area (TPSA) is 38.3 Å². The number of methoxy groups -OCH3 is 1. The van der Waals surface area contributed by atoms with Gasteiger partial charge in [-0.2, -0.15) is 0 Å². The molecule has 0 saturated heterocycles. The van der Waals surface area contributed by atoms with Gasteiger partial charge in [-0.25, -0.2) is 4.79 Å².